The molecule has 0 unspecified atom stereocenters. The SMILES string of the molecule is CC(C)c1cc2nc(-c3ccncc3)cc(C(=O)O)n2n1. The van der Waals surface area contributed by atoms with Gasteiger partial charge in [0, 0.05) is 24.0 Å². The minimum absolute atomic E-state index is 0.0960. The van der Waals surface area contributed by atoms with Crippen LogP contribution in [0.3, 0.4) is 0 Å². The average molecular weight is 282 g/mol. The van der Waals surface area contributed by atoms with Gasteiger partial charge in [-0.15, -0.1) is 0 Å². The lowest BCUT2D eigenvalue weighted by molar-refractivity contribution is 0.0687. The summed E-state index contributed by atoms with van der Waals surface area (Å²) >= 11 is 0. The van der Waals surface area contributed by atoms with Crippen LogP contribution in [0.15, 0.2) is 36.7 Å². The summed E-state index contributed by atoms with van der Waals surface area (Å²) in [6.07, 6.45) is 3.30. The van der Waals surface area contributed by atoms with Crippen molar-refractivity contribution in [3.63, 3.8) is 0 Å². The maximum absolute atomic E-state index is 11.5. The first kappa shape index (κ1) is 13.2. The van der Waals surface area contributed by atoms with Crippen LogP contribution in [0.25, 0.3) is 16.9 Å². The molecule has 6 heteroatoms. The van der Waals surface area contributed by atoms with E-state index in [1.165, 1.54) is 10.6 Å². The predicted octanol–water partition coefficient (Wildman–Crippen LogP) is 2.61. The van der Waals surface area contributed by atoms with Crippen molar-refractivity contribution in [3.05, 3.63) is 48.0 Å². The summed E-state index contributed by atoms with van der Waals surface area (Å²) in [5.41, 5.74) is 2.86. The van der Waals surface area contributed by atoms with Gasteiger partial charge in [-0.1, -0.05) is 13.8 Å². The van der Waals surface area contributed by atoms with Gasteiger partial charge in [0.05, 0.1) is 11.4 Å². The van der Waals surface area contributed by atoms with Crippen LogP contribution in [0.2, 0.25) is 0 Å². The van der Waals surface area contributed by atoms with E-state index in [0.29, 0.717) is 11.3 Å². The standard InChI is InChI=1S/C15H14N4O2/c1-9(2)11-8-14-17-12(10-3-5-16-6-4-10)7-13(15(20)21)19(14)18-11/h3-9H,1-2H3,(H,20,21). The Labute approximate surface area is 121 Å². The van der Waals surface area contributed by atoms with Crippen LogP contribution < -0.4 is 0 Å². The second kappa shape index (κ2) is 4.97. The number of aromatic carboxylic acids is 1. The number of aromatic nitrogens is 4. The van der Waals surface area contributed by atoms with Gasteiger partial charge in [-0.3, -0.25) is 4.98 Å². The number of carboxylic acids is 1. The van der Waals surface area contributed by atoms with E-state index in [-0.39, 0.29) is 11.6 Å². The van der Waals surface area contributed by atoms with Crippen LogP contribution in [-0.4, -0.2) is 30.7 Å². The van der Waals surface area contributed by atoms with E-state index in [9.17, 15) is 9.90 Å². The number of carboxylic acid groups (broad SMARTS) is 1. The molecule has 0 aromatic carbocycles. The summed E-state index contributed by atoms with van der Waals surface area (Å²) in [5.74, 6) is -0.825. The molecule has 0 radical (unpaired) electrons. The quantitative estimate of drug-likeness (QED) is 0.798. The monoisotopic (exact) mass is 282 g/mol. The minimum atomic E-state index is -1.03. The Morgan fingerprint density at radius 3 is 2.57 bits per heavy atom. The van der Waals surface area contributed by atoms with Gasteiger partial charge >= 0.3 is 5.97 Å². The molecule has 106 valence electrons. The highest BCUT2D eigenvalue weighted by Gasteiger charge is 2.16. The van der Waals surface area contributed by atoms with Crippen molar-refractivity contribution >= 4 is 11.6 Å². The average Bonchev–Trinajstić information content (AvgIpc) is 2.91. The van der Waals surface area contributed by atoms with Crippen molar-refractivity contribution in [1.29, 1.82) is 0 Å². The Bertz CT molecular complexity index is 809. The van der Waals surface area contributed by atoms with Gasteiger partial charge in [0.15, 0.2) is 11.3 Å². The van der Waals surface area contributed by atoms with Gasteiger partial charge in [-0.2, -0.15) is 5.10 Å². The van der Waals surface area contributed by atoms with Gasteiger partial charge in [-0.25, -0.2) is 14.3 Å². The molecule has 0 saturated heterocycles. The highest BCUT2D eigenvalue weighted by molar-refractivity contribution is 5.88. The lowest BCUT2D eigenvalue weighted by Gasteiger charge is -2.04. The fraction of sp³-hybridized carbons (Fsp3) is 0.200. The lowest BCUT2D eigenvalue weighted by atomic mass is 10.1. The van der Waals surface area contributed by atoms with Crippen LogP contribution in [-0.2, 0) is 0 Å². The Hall–Kier alpha value is -2.76. The molecule has 1 N–H and O–H groups in total. The molecule has 0 aliphatic rings. The van der Waals surface area contributed by atoms with Crippen molar-refractivity contribution in [2.24, 2.45) is 0 Å². The molecular weight excluding hydrogens is 268 g/mol. The Kier molecular flexibility index (Phi) is 3.13. The smallest absolute Gasteiger partial charge is 0.354 e. The first-order valence-electron chi connectivity index (χ1n) is 6.60. The second-order valence-corrected chi connectivity index (χ2v) is 5.06. The molecule has 3 rings (SSSR count). The summed E-state index contributed by atoms with van der Waals surface area (Å²) in [6, 6.07) is 6.94. The molecule has 21 heavy (non-hydrogen) atoms. The summed E-state index contributed by atoms with van der Waals surface area (Å²) < 4.78 is 1.38. The van der Waals surface area contributed by atoms with Crippen LogP contribution in [0.5, 0.6) is 0 Å². The normalized spacial score (nSPS) is 11.2. The second-order valence-electron chi connectivity index (χ2n) is 5.06. The molecule has 0 aliphatic carbocycles. The van der Waals surface area contributed by atoms with Gasteiger partial charge in [-0.05, 0) is 24.1 Å². The molecule has 3 aromatic rings. The van der Waals surface area contributed by atoms with Crippen molar-refractivity contribution in [2.75, 3.05) is 0 Å². The third-order valence-corrected chi connectivity index (χ3v) is 3.23. The first-order chi connectivity index (χ1) is 10.1. The summed E-state index contributed by atoms with van der Waals surface area (Å²) in [4.78, 5) is 19.9. The lowest BCUT2D eigenvalue weighted by Crippen LogP contribution is -2.08. The highest BCUT2D eigenvalue weighted by atomic mass is 16.4. The number of hydrogen-bond donors (Lipinski definition) is 1. The maximum Gasteiger partial charge on any atom is 0.354 e. The third kappa shape index (κ3) is 2.35. The van der Waals surface area contributed by atoms with Crippen molar-refractivity contribution in [3.8, 4) is 11.3 Å². The summed E-state index contributed by atoms with van der Waals surface area (Å²) in [7, 11) is 0. The summed E-state index contributed by atoms with van der Waals surface area (Å²) in [6.45, 7) is 4.01. The Morgan fingerprint density at radius 2 is 1.95 bits per heavy atom. The van der Waals surface area contributed by atoms with Gasteiger partial charge in [0.25, 0.3) is 0 Å². The molecule has 0 fully saturated rings. The number of hydrogen-bond acceptors (Lipinski definition) is 4. The zero-order valence-corrected chi connectivity index (χ0v) is 11.7. The van der Waals surface area contributed by atoms with Crippen molar-refractivity contribution in [1.82, 2.24) is 19.6 Å². The van der Waals surface area contributed by atoms with Crippen LogP contribution >= 0.6 is 0 Å². The topological polar surface area (TPSA) is 80.4 Å². The fourth-order valence-electron chi connectivity index (χ4n) is 2.10. The largest absolute Gasteiger partial charge is 0.477 e. The van der Waals surface area contributed by atoms with E-state index in [4.69, 9.17) is 0 Å². The number of carbonyl (C=O) groups is 1. The molecule has 6 nitrogen and oxygen atoms in total. The molecule has 3 aromatic heterocycles. The van der Waals surface area contributed by atoms with E-state index in [2.05, 4.69) is 15.1 Å². The Balaban J connectivity index is 2.27. The number of nitrogens with zero attached hydrogens (tertiary/aromatic N) is 4. The van der Waals surface area contributed by atoms with Gasteiger partial charge in [0.1, 0.15) is 0 Å². The third-order valence-electron chi connectivity index (χ3n) is 3.23. The van der Waals surface area contributed by atoms with Crippen molar-refractivity contribution < 1.29 is 9.90 Å². The number of fused-ring (bicyclic) bond motifs is 1. The van der Waals surface area contributed by atoms with Crippen LogP contribution in [0.1, 0.15) is 35.9 Å². The molecule has 0 aliphatic heterocycles. The van der Waals surface area contributed by atoms with Gasteiger partial charge < -0.3 is 5.11 Å². The number of rotatable bonds is 3. The summed E-state index contributed by atoms with van der Waals surface area (Å²) in [5, 5.41) is 13.7. The maximum atomic E-state index is 11.5. The molecule has 0 atom stereocenters. The molecule has 0 amide bonds. The van der Waals surface area contributed by atoms with E-state index in [1.807, 2.05) is 19.9 Å². The molecule has 0 spiro atoms. The fourth-order valence-corrected chi connectivity index (χ4v) is 2.10. The minimum Gasteiger partial charge on any atom is -0.477 e. The van der Waals surface area contributed by atoms with Crippen LogP contribution in [0, 0.1) is 0 Å². The zero-order chi connectivity index (χ0) is 15.0. The van der Waals surface area contributed by atoms with E-state index in [0.717, 1.165) is 11.3 Å². The Morgan fingerprint density at radius 1 is 1.24 bits per heavy atom. The van der Waals surface area contributed by atoms with E-state index < -0.39 is 5.97 Å². The van der Waals surface area contributed by atoms with E-state index in [1.54, 1.807) is 24.5 Å². The van der Waals surface area contributed by atoms with Gasteiger partial charge in [0.2, 0.25) is 0 Å². The van der Waals surface area contributed by atoms with Crippen LogP contribution in [0.4, 0.5) is 0 Å². The zero-order valence-electron chi connectivity index (χ0n) is 11.7. The molecular formula is C15H14N4O2. The molecule has 3 heterocycles. The van der Waals surface area contributed by atoms with Crippen molar-refractivity contribution in [2.45, 2.75) is 19.8 Å². The predicted molar refractivity (Wildman–Crippen MR) is 77.3 cm³/mol. The highest BCUT2D eigenvalue weighted by Crippen LogP contribution is 2.21. The number of pyridine rings is 1. The first-order valence-corrected chi connectivity index (χ1v) is 6.60. The molecule has 0 bridgehead atoms. The molecule has 0 saturated carbocycles. The van der Waals surface area contributed by atoms with E-state index >= 15 is 0 Å².